The molecule has 0 spiro atoms. The number of carbonyl (C=O) groups excluding carboxylic acids is 3. The number of amides is 2. The zero-order valence-corrected chi connectivity index (χ0v) is 20.3. The third kappa shape index (κ3) is 5.13. The molecule has 3 aromatic rings. The van der Waals surface area contributed by atoms with E-state index in [2.05, 4.69) is 16.0 Å². The molecule has 0 saturated heterocycles. The molecule has 5 N–H and O–H groups in total. The van der Waals surface area contributed by atoms with Gasteiger partial charge >= 0.3 is 5.97 Å². The third-order valence-electron chi connectivity index (χ3n) is 6.08. The number of benzene rings is 3. The summed E-state index contributed by atoms with van der Waals surface area (Å²) < 4.78 is 4.80. The summed E-state index contributed by atoms with van der Waals surface area (Å²) in [6.07, 6.45) is 0. The third-order valence-corrected chi connectivity index (χ3v) is 6.08. The van der Waals surface area contributed by atoms with E-state index in [-0.39, 0.29) is 12.5 Å². The Morgan fingerprint density at radius 3 is 2.31 bits per heavy atom. The Morgan fingerprint density at radius 1 is 0.972 bits per heavy atom. The molecule has 0 radical (unpaired) electrons. The predicted molar refractivity (Wildman–Crippen MR) is 140 cm³/mol. The second kappa shape index (κ2) is 10.1. The molecule has 1 heterocycles. The van der Waals surface area contributed by atoms with Crippen LogP contribution in [0.3, 0.4) is 0 Å². The van der Waals surface area contributed by atoms with Crippen LogP contribution >= 0.6 is 0 Å². The number of nitrogens with one attached hydrogen (secondary N) is 3. The van der Waals surface area contributed by atoms with Crippen molar-refractivity contribution in [3.8, 4) is 0 Å². The molecule has 0 unspecified atom stereocenters. The van der Waals surface area contributed by atoms with Gasteiger partial charge in [0, 0.05) is 16.8 Å². The van der Waals surface area contributed by atoms with E-state index in [4.69, 9.17) is 10.5 Å². The minimum atomic E-state index is -0.473. The van der Waals surface area contributed by atoms with E-state index in [1.165, 1.54) is 7.11 Å². The van der Waals surface area contributed by atoms with Crippen molar-refractivity contribution in [1.29, 1.82) is 0 Å². The maximum absolute atomic E-state index is 13.1. The molecule has 1 aliphatic rings. The number of primary amides is 1. The minimum absolute atomic E-state index is 0.0729. The summed E-state index contributed by atoms with van der Waals surface area (Å²) in [5.41, 5.74) is 10.1. The number of carbonyl (C=O) groups is 3. The summed E-state index contributed by atoms with van der Waals surface area (Å²) >= 11 is 0. The fourth-order valence-corrected chi connectivity index (χ4v) is 4.07. The molecule has 0 atom stereocenters. The zero-order valence-electron chi connectivity index (χ0n) is 20.3. The molecular weight excluding hydrogens is 456 g/mol. The van der Waals surface area contributed by atoms with Crippen molar-refractivity contribution in [2.75, 3.05) is 24.3 Å². The molecular formula is C28H28N4O4. The summed E-state index contributed by atoms with van der Waals surface area (Å²) in [7, 11) is 1.32. The molecule has 0 saturated carbocycles. The van der Waals surface area contributed by atoms with Crippen LogP contribution < -0.4 is 21.7 Å². The summed E-state index contributed by atoms with van der Waals surface area (Å²) in [4.78, 5) is 36.3. The summed E-state index contributed by atoms with van der Waals surface area (Å²) in [6.45, 7) is 4.01. The number of fused-ring (bicyclic) bond motifs is 1. The van der Waals surface area contributed by atoms with Gasteiger partial charge in [0.1, 0.15) is 0 Å². The highest BCUT2D eigenvalue weighted by atomic mass is 16.5. The molecule has 1 aliphatic heterocycles. The van der Waals surface area contributed by atoms with Crippen LogP contribution in [0.25, 0.3) is 11.3 Å². The lowest BCUT2D eigenvalue weighted by atomic mass is 9.94. The number of esters is 1. The Kier molecular flexibility index (Phi) is 6.89. The van der Waals surface area contributed by atoms with E-state index in [9.17, 15) is 14.4 Å². The molecule has 184 valence electrons. The Hall–Kier alpha value is -4.43. The number of ether oxygens (including phenoxy) is 1. The highest BCUT2D eigenvalue weighted by Crippen LogP contribution is 2.38. The minimum Gasteiger partial charge on any atom is -0.465 e. The first-order chi connectivity index (χ1) is 17.2. The number of anilines is 2. The number of nitrogens with two attached hydrogens (primary N) is 1. The van der Waals surface area contributed by atoms with Gasteiger partial charge in [-0.1, -0.05) is 48.5 Å². The quantitative estimate of drug-likeness (QED) is 0.286. The average Bonchev–Trinajstić information content (AvgIpc) is 3.21. The SMILES string of the molecule is COC(=O)c1ccc2c(c1)NC(=O)/C2=C(/Nc1ccc(C(C)(C)NCC(N)=O)cc1)c1ccccc1. The van der Waals surface area contributed by atoms with E-state index in [0.29, 0.717) is 28.1 Å². The Balaban J connectivity index is 1.72. The molecule has 0 fully saturated rings. The Bertz CT molecular complexity index is 1350. The van der Waals surface area contributed by atoms with Gasteiger partial charge in [-0.05, 0) is 49.2 Å². The van der Waals surface area contributed by atoms with E-state index >= 15 is 0 Å². The molecule has 0 aromatic heterocycles. The van der Waals surface area contributed by atoms with Crippen molar-refractivity contribution in [2.24, 2.45) is 5.73 Å². The van der Waals surface area contributed by atoms with Gasteiger partial charge in [0.2, 0.25) is 5.91 Å². The van der Waals surface area contributed by atoms with Gasteiger partial charge in [-0.25, -0.2) is 4.79 Å². The highest BCUT2D eigenvalue weighted by molar-refractivity contribution is 6.37. The van der Waals surface area contributed by atoms with Crippen LogP contribution in [0.5, 0.6) is 0 Å². The predicted octanol–water partition coefficient (Wildman–Crippen LogP) is 3.72. The van der Waals surface area contributed by atoms with Crippen molar-refractivity contribution >= 4 is 40.4 Å². The van der Waals surface area contributed by atoms with Gasteiger partial charge in [0.15, 0.2) is 0 Å². The summed E-state index contributed by atoms with van der Waals surface area (Å²) in [6, 6.07) is 22.3. The second-order valence-corrected chi connectivity index (χ2v) is 8.97. The first-order valence-electron chi connectivity index (χ1n) is 11.4. The monoisotopic (exact) mass is 484 g/mol. The molecule has 2 amide bonds. The number of hydrogen-bond acceptors (Lipinski definition) is 6. The van der Waals surface area contributed by atoms with Gasteiger partial charge in [-0.15, -0.1) is 0 Å². The van der Waals surface area contributed by atoms with Crippen LogP contribution in [0.4, 0.5) is 11.4 Å². The first-order valence-corrected chi connectivity index (χ1v) is 11.4. The molecule has 0 aliphatic carbocycles. The molecule has 4 rings (SSSR count). The Morgan fingerprint density at radius 2 is 1.67 bits per heavy atom. The van der Waals surface area contributed by atoms with Crippen LogP contribution in [0.1, 0.15) is 40.9 Å². The first kappa shape index (κ1) is 24.7. The van der Waals surface area contributed by atoms with Crippen molar-refractivity contribution in [3.63, 3.8) is 0 Å². The lowest BCUT2D eigenvalue weighted by Crippen LogP contribution is -2.41. The lowest BCUT2D eigenvalue weighted by Gasteiger charge is -2.26. The maximum Gasteiger partial charge on any atom is 0.337 e. The van der Waals surface area contributed by atoms with Crippen molar-refractivity contribution in [2.45, 2.75) is 19.4 Å². The number of rotatable bonds is 8. The van der Waals surface area contributed by atoms with E-state index in [1.54, 1.807) is 18.2 Å². The topological polar surface area (TPSA) is 123 Å². The standard InChI is InChI=1S/C28H28N4O4/c1-28(2,30-16-23(29)33)19-10-12-20(13-11-19)31-25(17-7-5-4-6-8-17)24-21-14-9-18(27(35)36-3)15-22(21)32-26(24)34/h4-15,30-31H,16H2,1-3H3,(H2,29,33)(H,32,34)/b25-24+. The fraction of sp³-hybridized carbons (Fsp3) is 0.179. The molecule has 8 heteroatoms. The summed E-state index contributed by atoms with van der Waals surface area (Å²) in [5, 5.41) is 9.43. The van der Waals surface area contributed by atoms with Crippen molar-refractivity contribution in [1.82, 2.24) is 5.32 Å². The summed E-state index contributed by atoms with van der Waals surface area (Å²) in [5.74, 6) is -1.17. The van der Waals surface area contributed by atoms with Gasteiger partial charge in [0.05, 0.1) is 36.2 Å². The van der Waals surface area contributed by atoms with Gasteiger partial charge in [-0.2, -0.15) is 0 Å². The smallest absolute Gasteiger partial charge is 0.337 e. The number of hydrogen-bond donors (Lipinski definition) is 4. The average molecular weight is 485 g/mol. The van der Waals surface area contributed by atoms with Gasteiger partial charge < -0.3 is 21.1 Å². The van der Waals surface area contributed by atoms with Crippen LogP contribution in [0.15, 0.2) is 72.8 Å². The zero-order chi connectivity index (χ0) is 25.9. The molecule has 8 nitrogen and oxygen atoms in total. The van der Waals surface area contributed by atoms with Gasteiger partial charge in [0.25, 0.3) is 5.91 Å². The van der Waals surface area contributed by atoms with Crippen LogP contribution in [0, 0.1) is 0 Å². The second-order valence-electron chi connectivity index (χ2n) is 8.97. The van der Waals surface area contributed by atoms with E-state index < -0.39 is 17.4 Å². The van der Waals surface area contributed by atoms with Crippen molar-refractivity contribution in [3.05, 3.63) is 95.1 Å². The maximum atomic E-state index is 13.1. The van der Waals surface area contributed by atoms with Crippen LogP contribution in [0.2, 0.25) is 0 Å². The van der Waals surface area contributed by atoms with Crippen LogP contribution in [-0.4, -0.2) is 31.4 Å². The molecule has 0 bridgehead atoms. The van der Waals surface area contributed by atoms with E-state index in [0.717, 1.165) is 16.8 Å². The normalized spacial score (nSPS) is 14.0. The van der Waals surface area contributed by atoms with Gasteiger partial charge in [-0.3, -0.25) is 14.9 Å². The Labute approximate surface area is 209 Å². The fourth-order valence-electron chi connectivity index (χ4n) is 4.07. The number of methoxy groups -OCH3 is 1. The highest BCUT2D eigenvalue weighted by Gasteiger charge is 2.29. The van der Waals surface area contributed by atoms with E-state index in [1.807, 2.05) is 68.4 Å². The van der Waals surface area contributed by atoms with Crippen LogP contribution in [-0.2, 0) is 19.9 Å². The molecule has 36 heavy (non-hydrogen) atoms. The van der Waals surface area contributed by atoms with Crippen molar-refractivity contribution < 1.29 is 19.1 Å². The largest absolute Gasteiger partial charge is 0.465 e. The lowest BCUT2D eigenvalue weighted by molar-refractivity contribution is -0.117. The molecule has 3 aromatic carbocycles.